The number of halogens is 3. The molecule has 9 nitrogen and oxygen atoms in total. The van der Waals surface area contributed by atoms with Gasteiger partial charge in [-0.3, -0.25) is 14.3 Å². The molecule has 0 spiro atoms. The number of imidazole rings is 1. The lowest BCUT2D eigenvalue weighted by Crippen LogP contribution is -2.46. The van der Waals surface area contributed by atoms with Crippen LogP contribution in [0.5, 0.6) is 0 Å². The van der Waals surface area contributed by atoms with E-state index in [0.717, 1.165) is 10.9 Å². The smallest absolute Gasteiger partial charge is 0.392 e. The van der Waals surface area contributed by atoms with Crippen molar-refractivity contribution in [2.75, 3.05) is 12.3 Å². The van der Waals surface area contributed by atoms with Crippen LogP contribution in [0.25, 0.3) is 11.2 Å². The Morgan fingerprint density at radius 3 is 2.80 bits per heavy atom. The molecule has 0 amide bonds. The Kier molecular flexibility index (Phi) is 3.75. The molecule has 3 rings (SSSR count). The Hall–Kier alpha value is -2.62. The van der Waals surface area contributed by atoms with Gasteiger partial charge in [-0.15, -0.1) is 6.42 Å². The third-order valence-electron chi connectivity index (χ3n) is 4.04. The number of aliphatic hydroxyl groups is 2. The number of nitrogens with two attached hydrogens (primary N) is 1. The number of aliphatic hydroxyl groups excluding tert-OH is 2. The molecule has 0 aromatic carbocycles. The minimum atomic E-state index is -4.93. The number of nitrogen functional groups attached to an aromatic ring is 1. The quantitative estimate of drug-likeness (QED) is 0.511. The van der Waals surface area contributed by atoms with Crippen LogP contribution in [-0.2, 0) is 4.74 Å². The molecule has 3 heterocycles. The number of aromatic amines is 1. The minimum absolute atomic E-state index is 0.268. The lowest BCUT2D eigenvalue weighted by atomic mass is 9.90. The van der Waals surface area contributed by atoms with E-state index in [2.05, 4.69) is 15.0 Å². The maximum atomic E-state index is 13.5. The number of anilines is 1. The summed E-state index contributed by atoms with van der Waals surface area (Å²) < 4.78 is 46.5. The summed E-state index contributed by atoms with van der Waals surface area (Å²) in [6.07, 6.45) is -3.01. The van der Waals surface area contributed by atoms with Gasteiger partial charge in [-0.1, -0.05) is 5.92 Å². The van der Waals surface area contributed by atoms with Crippen molar-refractivity contribution in [1.82, 2.24) is 19.5 Å². The first-order chi connectivity index (χ1) is 11.6. The molecule has 1 aliphatic heterocycles. The fraction of sp³-hybridized carbons (Fsp3) is 0.462. The topological polar surface area (TPSA) is 139 Å². The van der Waals surface area contributed by atoms with Crippen LogP contribution in [0.4, 0.5) is 19.1 Å². The molecule has 0 unspecified atom stereocenters. The summed E-state index contributed by atoms with van der Waals surface area (Å²) in [4.78, 5) is 21.4. The summed E-state index contributed by atoms with van der Waals surface area (Å²) in [5, 5.41) is 19.5. The molecule has 0 aliphatic carbocycles. The number of nitrogens with one attached hydrogen (secondary N) is 1. The monoisotopic (exact) mass is 359 g/mol. The van der Waals surface area contributed by atoms with Gasteiger partial charge in [0.2, 0.25) is 5.95 Å². The van der Waals surface area contributed by atoms with Crippen molar-refractivity contribution in [3.05, 3.63) is 16.7 Å². The van der Waals surface area contributed by atoms with Crippen LogP contribution in [0.1, 0.15) is 6.23 Å². The third kappa shape index (κ3) is 2.44. The van der Waals surface area contributed by atoms with Gasteiger partial charge in [-0.2, -0.15) is 18.2 Å². The van der Waals surface area contributed by atoms with Crippen LogP contribution < -0.4 is 11.3 Å². The second kappa shape index (κ2) is 5.45. The number of alkyl halides is 3. The zero-order chi connectivity index (χ0) is 18.6. The van der Waals surface area contributed by atoms with Crippen LogP contribution in [0.2, 0.25) is 0 Å². The number of hydrogen-bond acceptors (Lipinski definition) is 7. The molecule has 25 heavy (non-hydrogen) atoms. The summed E-state index contributed by atoms with van der Waals surface area (Å²) >= 11 is 0. The van der Waals surface area contributed by atoms with E-state index in [1.165, 1.54) is 0 Å². The molecule has 0 bridgehead atoms. The maximum Gasteiger partial charge on any atom is 0.398 e. The van der Waals surface area contributed by atoms with Crippen LogP contribution in [0.3, 0.4) is 0 Å². The van der Waals surface area contributed by atoms with Gasteiger partial charge in [0, 0.05) is 0 Å². The van der Waals surface area contributed by atoms with Crippen molar-refractivity contribution < 1.29 is 28.1 Å². The number of H-pyrrole nitrogens is 1. The SMILES string of the molecule is C#C[C@]1(CO)O[C@@H](n2cnc3c(=O)[nH]c(N)nc32)[C@H](C(F)(F)F)[C@@H]1O. The first kappa shape index (κ1) is 17.2. The number of terminal acetylenes is 1. The normalized spacial score (nSPS) is 29.8. The van der Waals surface area contributed by atoms with Gasteiger partial charge in [0.05, 0.1) is 12.9 Å². The molecule has 0 radical (unpaired) electrons. The van der Waals surface area contributed by atoms with Crippen LogP contribution in [0.15, 0.2) is 11.1 Å². The molecule has 1 aliphatic rings. The molecule has 4 atom stereocenters. The van der Waals surface area contributed by atoms with Gasteiger partial charge >= 0.3 is 6.18 Å². The Labute approximate surface area is 137 Å². The number of aromatic nitrogens is 4. The fourth-order valence-corrected chi connectivity index (χ4v) is 2.80. The van der Waals surface area contributed by atoms with E-state index in [-0.39, 0.29) is 17.1 Å². The van der Waals surface area contributed by atoms with Gasteiger partial charge < -0.3 is 20.7 Å². The summed E-state index contributed by atoms with van der Waals surface area (Å²) in [6, 6.07) is 0. The molecule has 2 aromatic heterocycles. The molecule has 1 fully saturated rings. The highest BCUT2D eigenvalue weighted by atomic mass is 19.4. The first-order valence-corrected chi connectivity index (χ1v) is 6.88. The molecule has 12 heteroatoms. The summed E-state index contributed by atoms with van der Waals surface area (Å²) in [6.45, 7) is -1.05. The highest BCUT2D eigenvalue weighted by Crippen LogP contribution is 2.49. The van der Waals surface area contributed by atoms with E-state index in [1.54, 1.807) is 0 Å². The van der Waals surface area contributed by atoms with Crippen molar-refractivity contribution >= 4 is 17.1 Å². The Morgan fingerprint density at radius 1 is 1.56 bits per heavy atom. The Bertz CT molecular complexity index is 917. The van der Waals surface area contributed by atoms with E-state index < -0.39 is 42.2 Å². The molecular weight excluding hydrogens is 347 g/mol. The summed E-state index contributed by atoms with van der Waals surface area (Å²) in [7, 11) is 0. The van der Waals surface area contributed by atoms with Gasteiger partial charge in [0.25, 0.3) is 5.56 Å². The average Bonchev–Trinajstić information content (AvgIpc) is 3.06. The zero-order valence-corrected chi connectivity index (χ0v) is 12.4. The molecule has 2 aromatic rings. The predicted octanol–water partition coefficient (Wildman–Crippen LogP) is -0.866. The maximum absolute atomic E-state index is 13.5. The van der Waals surface area contributed by atoms with Crippen molar-refractivity contribution in [3.63, 3.8) is 0 Å². The fourth-order valence-electron chi connectivity index (χ4n) is 2.80. The number of fused-ring (bicyclic) bond motifs is 1. The predicted molar refractivity (Wildman–Crippen MR) is 76.9 cm³/mol. The summed E-state index contributed by atoms with van der Waals surface area (Å²) in [5.41, 5.74) is 1.84. The van der Waals surface area contributed by atoms with Crippen molar-refractivity contribution in [3.8, 4) is 12.3 Å². The van der Waals surface area contributed by atoms with Crippen LogP contribution in [0, 0.1) is 18.3 Å². The van der Waals surface area contributed by atoms with Crippen molar-refractivity contribution in [2.45, 2.75) is 24.1 Å². The molecule has 1 saturated heterocycles. The second-order valence-electron chi connectivity index (χ2n) is 5.49. The largest absolute Gasteiger partial charge is 0.398 e. The lowest BCUT2D eigenvalue weighted by Gasteiger charge is -2.25. The lowest BCUT2D eigenvalue weighted by molar-refractivity contribution is -0.210. The number of hydrogen-bond donors (Lipinski definition) is 4. The van der Waals surface area contributed by atoms with Gasteiger partial charge in [-0.05, 0) is 0 Å². The van der Waals surface area contributed by atoms with E-state index in [1.807, 2.05) is 5.92 Å². The minimum Gasteiger partial charge on any atom is -0.392 e. The summed E-state index contributed by atoms with van der Waals surface area (Å²) in [5.74, 6) is -0.959. The number of rotatable bonds is 2. The highest BCUT2D eigenvalue weighted by Gasteiger charge is 2.64. The van der Waals surface area contributed by atoms with Crippen LogP contribution in [-0.4, -0.2) is 54.2 Å². The number of ether oxygens (including phenoxy) is 1. The van der Waals surface area contributed by atoms with E-state index in [9.17, 15) is 28.2 Å². The molecule has 134 valence electrons. The van der Waals surface area contributed by atoms with Gasteiger partial charge in [0.1, 0.15) is 12.0 Å². The van der Waals surface area contributed by atoms with Crippen molar-refractivity contribution in [1.29, 1.82) is 0 Å². The zero-order valence-electron chi connectivity index (χ0n) is 12.4. The Morgan fingerprint density at radius 2 is 2.24 bits per heavy atom. The van der Waals surface area contributed by atoms with E-state index >= 15 is 0 Å². The van der Waals surface area contributed by atoms with Crippen molar-refractivity contribution in [2.24, 2.45) is 5.92 Å². The first-order valence-electron chi connectivity index (χ1n) is 6.88. The van der Waals surface area contributed by atoms with Crippen LogP contribution >= 0.6 is 0 Å². The van der Waals surface area contributed by atoms with Gasteiger partial charge in [0.15, 0.2) is 23.0 Å². The van der Waals surface area contributed by atoms with E-state index in [4.69, 9.17) is 16.9 Å². The van der Waals surface area contributed by atoms with Gasteiger partial charge in [-0.25, -0.2) is 4.98 Å². The molecule has 0 saturated carbocycles. The van der Waals surface area contributed by atoms with E-state index in [0.29, 0.717) is 0 Å². The average molecular weight is 359 g/mol. The third-order valence-corrected chi connectivity index (χ3v) is 4.04. The highest BCUT2D eigenvalue weighted by molar-refractivity contribution is 5.70. The standard InChI is InChI=1S/C13H12F3N5O4/c1-2-12(3-22)7(23)5(13(14,15)16)10(25-12)21-4-18-6-8(21)19-11(17)20-9(6)24/h1,4-5,7,10,22-23H,3H2,(H3,17,19,20,24)/t5-,7+,10-,12-/m1/s1. The molecular formula is C13H12F3N5O4. The Balaban J connectivity index is 2.21. The molecule has 5 N–H and O–H groups in total. The number of nitrogens with zero attached hydrogens (tertiary/aromatic N) is 3. The second-order valence-corrected chi connectivity index (χ2v) is 5.49.